The van der Waals surface area contributed by atoms with Crippen LogP contribution >= 0.6 is 11.3 Å². The SMILES string of the molecule is CCn1ncnc1C(=O)c1cnc(C)s1. The zero-order valence-corrected chi connectivity index (χ0v) is 9.28. The predicted molar refractivity (Wildman–Crippen MR) is 56.0 cm³/mol. The Balaban J connectivity index is 2.36. The molecule has 0 fully saturated rings. The number of carbonyl (C=O) groups excluding carboxylic acids is 1. The fraction of sp³-hybridized carbons (Fsp3) is 0.333. The molecule has 0 aromatic carbocycles. The lowest BCUT2D eigenvalue weighted by molar-refractivity contribution is 0.102. The Hall–Kier alpha value is -1.56. The van der Waals surface area contributed by atoms with Crippen LogP contribution in [-0.2, 0) is 6.54 Å². The third-order valence-corrected chi connectivity index (χ3v) is 2.87. The van der Waals surface area contributed by atoms with Crippen molar-refractivity contribution in [3.05, 3.63) is 28.2 Å². The van der Waals surface area contributed by atoms with Gasteiger partial charge in [-0.15, -0.1) is 11.3 Å². The number of rotatable bonds is 3. The van der Waals surface area contributed by atoms with Crippen molar-refractivity contribution in [1.29, 1.82) is 0 Å². The molecule has 0 aliphatic heterocycles. The summed E-state index contributed by atoms with van der Waals surface area (Å²) in [6, 6.07) is 0. The van der Waals surface area contributed by atoms with E-state index in [1.54, 1.807) is 10.9 Å². The molecule has 2 rings (SSSR count). The fourth-order valence-corrected chi connectivity index (χ4v) is 1.96. The molecule has 0 unspecified atom stereocenters. The van der Waals surface area contributed by atoms with Crippen molar-refractivity contribution in [2.45, 2.75) is 20.4 Å². The Morgan fingerprint density at radius 3 is 2.93 bits per heavy atom. The molecule has 0 radical (unpaired) electrons. The maximum absolute atomic E-state index is 11.9. The van der Waals surface area contributed by atoms with Crippen LogP contribution in [0.25, 0.3) is 0 Å². The largest absolute Gasteiger partial charge is 0.284 e. The van der Waals surface area contributed by atoms with Crippen LogP contribution in [0.15, 0.2) is 12.5 Å². The molecule has 0 saturated heterocycles. The first-order valence-corrected chi connectivity index (χ1v) is 5.39. The van der Waals surface area contributed by atoms with Crippen LogP contribution in [0.5, 0.6) is 0 Å². The summed E-state index contributed by atoms with van der Waals surface area (Å²) in [5.41, 5.74) is 0. The average Bonchev–Trinajstić information content (AvgIpc) is 2.84. The van der Waals surface area contributed by atoms with Crippen LogP contribution in [-0.4, -0.2) is 25.5 Å². The number of hydrogen-bond acceptors (Lipinski definition) is 5. The van der Waals surface area contributed by atoms with Gasteiger partial charge in [-0.1, -0.05) is 0 Å². The van der Waals surface area contributed by atoms with E-state index in [0.29, 0.717) is 17.2 Å². The molecule has 78 valence electrons. The van der Waals surface area contributed by atoms with E-state index in [-0.39, 0.29) is 5.78 Å². The van der Waals surface area contributed by atoms with Gasteiger partial charge in [0.05, 0.1) is 9.88 Å². The molecule has 0 N–H and O–H groups in total. The number of aryl methyl sites for hydroxylation is 2. The zero-order valence-electron chi connectivity index (χ0n) is 8.47. The Labute approximate surface area is 90.8 Å². The molecule has 6 heteroatoms. The van der Waals surface area contributed by atoms with Crippen molar-refractivity contribution in [1.82, 2.24) is 19.7 Å². The number of hydrogen-bond donors (Lipinski definition) is 0. The van der Waals surface area contributed by atoms with Crippen LogP contribution in [0.4, 0.5) is 0 Å². The average molecular weight is 222 g/mol. The molecule has 0 amide bonds. The number of ketones is 1. The smallest absolute Gasteiger partial charge is 0.241 e. The van der Waals surface area contributed by atoms with Crippen molar-refractivity contribution in [3.8, 4) is 0 Å². The van der Waals surface area contributed by atoms with Crippen molar-refractivity contribution in [3.63, 3.8) is 0 Å². The van der Waals surface area contributed by atoms with Gasteiger partial charge in [-0.3, -0.25) is 4.79 Å². The van der Waals surface area contributed by atoms with E-state index in [1.807, 2.05) is 13.8 Å². The van der Waals surface area contributed by atoms with E-state index in [1.165, 1.54) is 17.7 Å². The minimum atomic E-state index is -0.111. The van der Waals surface area contributed by atoms with Gasteiger partial charge < -0.3 is 0 Å². The molecule has 5 nitrogen and oxygen atoms in total. The molecule has 0 aliphatic carbocycles. The van der Waals surface area contributed by atoms with E-state index in [2.05, 4.69) is 15.1 Å². The molecule has 2 aromatic heterocycles. The second-order valence-electron chi connectivity index (χ2n) is 2.97. The quantitative estimate of drug-likeness (QED) is 0.734. The Bertz CT molecular complexity index is 488. The van der Waals surface area contributed by atoms with Crippen LogP contribution in [0.3, 0.4) is 0 Å². The summed E-state index contributed by atoms with van der Waals surface area (Å²) in [4.78, 5) is 20.6. The third kappa shape index (κ3) is 1.80. The lowest BCUT2D eigenvalue weighted by Gasteiger charge is -1.98. The zero-order chi connectivity index (χ0) is 10.8. The fourth-order valence-electron chi connectivity index (χ4n) is 1.25. The van der Waals surface area contributed by atoms with Crippen molar-refractivity contribution in [2.24, 2.45) is 0 Å². The first kappa shape index (κ1) is 9.97. The molecule has 0 spiro atoms. The van der Waals surface area contributed by atoms with Crippen LogP contribution < -0.4 is 0 Å². The lowest BCUT2D eigenvalue weighted by atomic mass is 10.3. The van der Waals surface area contributed by atoms with Gasteiger partial charge in [-0.2, -0.15) is 5.10 Å². The first-order chi connectivity index (χ1) is 7.22. The molecule has 2 aromatic rings. The third-order valence-electron chi connectivity index (χ3n) is 1.96. The highest BCUT2D eigenvalue weighted by atomic mass is 32.1. The number of carbonyl (C=O) groups is 1. The van der Waals surface area contributed by atoms with Gasteiger partial charge in [0.2, 0.25) is 11.6 Å². The van der Waals surface area contributed by atoms with Crippen molar-refractivity contribution >= 4 is 17.1 Å². The van der Waals surface area contributed by atoms with E-state index in [0.717, 1.165) is 5.01 Å². The van der Waals surface area contributed by atoms with Gasteiger partial charge in [0.1, 0.15) is 6.33 Å². The normalized spacial score (nSPS) is 10.5. The van der Waals surface area contributed by atoms with Crippen molar-refractivity contribution in [2.75, 3.05) is 0 Å². The maximum atomic E-state index is 11.9. The van der Waals surface area contributed by atoms with Gasteiger partial charge in [0.15, 0.2) is 0 Å². The first-order valence-electron chi connectivity index (χ1n) is 4.57. The topological polar surface area (TPSA) is 60.7 Å². The molecule has 0 aliphatic rings. The number of thiazole rings is 1. The Morgan fingerprint density at radius 1 is 1.53 bits per heavy atom. The minimum Gasteiger partial charge on any atom is -0.284 e. The molecular weight excluding hydrogens is 212 g/mol. The summed E-state index contributed by atoms with van der Waals surface area (Å²) < 4.78 is 1.58. The van der Waals surface area contributed by atoms with Gasteiger partial charge in [0.25, 0.3) is 0 Å². The molecular formula is C9H10N4OS. The van der Waals surface area contributed by atoms with Crippen LogP contribution in [0.1, 0.15) is 27.4 Å². The van der Waals surface area contributed by atoms with E-state index in [9.17, 15) is 4.79 Å². The monoisotopic (exact) mass is 222 g/mol. The summed E-state index contributed by atoms with van der Waals surface area (Å²) in [7, 11) is 0. The predicted octanol–water partition coefficient (Wildman–Crippen LogP) is 1.29. The molecule has 0 bridgehead atoms. The Morgan fingerprint density at radius 2 is 2.33 bits per heavy atom. The number of aromatic nitrogens is 4. The highest BCUT2D eigenvalue weighted by Gasteiger charge is 2.17. The molecule has 0 atom stereocenters. The summed E-state index contributed by atoms with van der Waals surface area (Å²) in [6.07, 6.45) is 2.97. The van der Waals surface area contributed by atoms with Gasteiger partial charge in [-0.05, 0) is 13.8 Å². The minimum absolute atomic E-state index is 0.111. The highest BCUT2D eigenvalue weighted by Crippen LogP contribution is 2.15. The standard InChI is InChI=1S/C9H10N4OS/c1-3-13-9(11-5-12-13)8(14)7-4-10-6(2)15-7/h4-5H,3H2,1-2H3. The summed E-state index contributed by atoms with van der Waals surface area (Å²) >= 11 is 1.37. The van der Waals surface area contributed by atoms with Gasteiger partial charge >= 0.3 is 0 Å². The van der Waals surface area contributed by atoms with Gasteiger partial charge in [0, 0.05) is 12.7 Å². The summed E-state index contributed by atoms with van der Waals surface area (Å²) in [5, 5.41) is 4.83. The summed E-state index contributed by atoms with van der Waals surface area (Å²) in [6.45, 7) is 4.42. The highest BCUT2D eigenvalue weighted by molar-refractivity contribution is 7.13. The molecule has 0 saturated carbocycles. The van der Waals surface area contributed by atoms with E-state index < -0.39 is 0 Å². The van der Waals surface area contributed by atoms with E-state index in [4.69, 9.17) is 0 Å². The second kappa shape index (κ2) is 3.90. The van der Waals surface area contributed by atoms with E-state index >= 15 is 0 Å². The maximum Gasteiger partial charge on any atom is 0.241 e. The second-order valence-corrected chi connectivity index (χ2v) is 4.21. The Kier molecular flexibility index (Phi) is 2.59. The lowest BCUT2D eigenvalue weighted by Crippen LogP contribution is -2.10. The molecule has 2 heterocycles. The summed E-state index contributed by atoms with van der Waals surface area (Å²) in [5.74, 6) is 0.265. The van der Waals surface area contributed by atoms with Crippen LogP contribution in [0, 0.1) is 6.92 Å². The van der Waals surface area contributed by atoms with Crippen molar-refractivity contribution < 1.29 is 4.79 Å². The molecule has 15 heavy (non-hydrogen) atoms. The van der Waals surface area contributed by atoms with Gasteiger partial charge in [-0.25, -0.2) is 14.6 Å². The number of nitrogens with zero attached hydrogens (tertiary/aromatic N) is 4. The van der Waals surface area contributed by atoms with Crippen LogP contribution in [0.2, 0.25) is 0 Å².